The van der Waals surface area contributed by atoms with Crippen LogP contribution in [0, 0.1) is 13.8 Å². The van der Waals surface area contributed by atoms with E-state index in [-0.39, 0.29) is 11.5 Å². The van der Waals surface area contributed by atoms with Crippen LogP contribution in [0.25, 0.3) is 0 Å². The zero-order valence-electron chi connectivity index (χ0n) is 12.4. The Bertz CT molecular complexity index is 666. The Morgan fingerprint density at radius 1 is 1.20 bits per heavy atom. The second-order valence-electron chi connectivity index (χ2n) is 5.64. The number of aromatic amines is 1. The highest BCUT2D eigenvalue weighted by Crippen LogP contribution is 2.16. The van der Waals surface area contributed by atoms with Crippen LogP contribution in [0.2, 0.25) is 0 Å². The molecule has 106 valence electrons. The molecule has 3 N–H and O–H groups in total. The molecule has 1 aromatic heterocycles. The smallest absolute Gasteiger partial charge is 0.256 e. The number of hydrogen-bond acceptors (Lipinski definition) is 3. The van der Waals surface area contributed by atoms with Crippen molar-refractivity contribution in [3.63, 3.8) is 0 Å². The summed E-state index contributed by atoms with van der Waals surface area (Å²) in [5, 5.41) is 0. The fourth-order valence-corrected chi connectivity index (χ4v) is 2.55. The number of anilines is 1. The first-order valence-electron chi connectivity index (χ1n) is 6.82. The van der Waals surface area contributed by atoms with Gasteiger partial charge in [-0.1, -0.05) is 43.2 Å². The highest BCUT2D eigenvalue weighted by Gasteiger charge is 2.12. The number of nitrogens with two attached hydrogens (primary N) is 1. The molecule has 2 rings (SSSR count). The molecule has 0 aliphatic rings. The normalized spacial score (nSPS) is 11.1. The lowest BCUT2D eigenvalue weighted by Crippen LogP contribution is -2.21. The Morgan fingerprint density at radius 3 is 2.30 bits per heavy atom. The number of aryl methyl sites for hydroxylation is 2. The maximum Gasteiger partial charge on any atom is 0.256 e. The minimum atomic E-state index is -0.133. The van der Waals surface area contributed by atoms with Crippen LogP contribution < -0.4 is 11.3 Å². The van der Waals surface area contributed by atoms with Crippen molar-refractivity contribution in [3.05, 3.63) is 56.6 Å². The van der Waals surface area contributed by atoms with Crippen molar-refractivity contribution in [1.82, 2.24) is 9.97 Å². The van der Waals surface area contributed by atoms with E-state index in [1.165, 1.54) is 11.1 Å². The van der Waals surface area contributed by atoms with Crippen LogP contribution in [-0.2, 0) is 6.42 Å². The molecular formula is C16H21N3O. The van der Waals surface area contributed by atoms with Gasteiger partial charge >= 0.3 is 0 Å². The molecule has 4 heteroatoms. The van der Waals surface area contributed by atoms with Gasteiger partial charge in [0.25, 0.3) is 5.56 Å². The molecule has 0 unspecified atom stereocenters. The van der Waals surface area contributed by atoms with E-state index in [2.05, 4.69) is 42.0 Å². The Labute approximate surface area is 119 Å². The van der Waals surface area contributed by atoms with Crippen LogP contribution in [0.5, 0.6) is 0 Å². The summed E-state index contributed by atoms with van der Waals surface area (Å²) >= 11 is 0. The Hall–Kier alpha value is -2.10. The number of H-pyrrole nitrogens is 1. The number of aromatic nitrogens is 2. The van der Waals surface area contributed by atoms with Crippen molar-refractivity contribution in [2.45, 2.75) is 40.0 Å². The summed E-state index contributed by atoms with van der Waals surface area (Å²) in [5.74, 6) is 1.02. The first-order valence-corrected chi connectivity index (χ1v) is 6.82. The van der Waals surface area contributed by atoms with Crippen molar-refractivity contribution in [2.24, 2.45) is 0 Å². The molecule has 0 amide bonds. The topological polar surface area (TPSA) is 71.8 Å². The number of rotatable bonds is 3. The van der Waals surface area contributed by atoms with Gasteiger partial charge < -0.3 is 10.7 Å². The van der Waals surface area contributed by atoms with Crippen LogP contribution >= 0.6 is 0 Å². The van der Waals surface area contributed by atoms with Crippen molar-refractivity contribution >= 4 is 5.82 Å². The molecule has 0 atom stereocenters. The van der Waals surface area contributed by atoms with Gasteiger partial charge in [-0.15, -0.1) is 0 Å². The number of nitrogens with one attached hydrogen (secondary N) is 1. The molecular weight excluding hydrogens is 250 g/mol. The lowest BCUT2D eigenvalue weighted by molar-refractivity contribution is 0.817. The van der Waals surface area contributed by atoms with E-state index in [1.54, 1.807) is 0 Å². The molecule has 20 heavy (non-hydrogen) atoms. The van der Waals surface area contributed by atoms with Crippen LogP contribution in [0.3, 0.4) is 0 Å². The number of nitrogens with zero attached hydrogens (tertiary/aromatic N) is 1. The van der Waals surface area contributed by atoms with Gasteiger partial charge in [-0.3, -0.25) is 4.79 Å². The van der Waals surface area contributed by atoms with Crippen molar-refractivity contribution in [2.75, 3.05) is 5.73 Å². The standard InChI is InChI=1S/C16H21N3O/c1-9(2)14-15(17)18-13(19-16(14)20)8-12-6-10(3)5-11(4)7-12/h5-7,9H,8H2,1-4H3,(H3,17,18,19,20). The Kier molecular flexibility index (Phi) is 3.93. The number of benzene rings is 1. The van der Waals surface area contributed by atoms with Crippen LogP contribution in [-0.4, -0.2) is 9.97 Å². The van der Waals surface area contributed by atoms with E-state index in [0.717, 1.165) is 5.56 Å². The number of nitrogen functional groups attached to an aromatic ring is 1. The SMILES string of the molecule is Cc1cc(C)cc(Cc2nc(N)c(C(C)C)c(=O)[nH]2)c1. The minimum Gasteiger partial charge on any atom is -0.383 e. The fourth-order valence-electron chi connectivity index (χ4n) is 2.55. The third kappa shape index (κ3) is 3.07. The third-order valence-electron chi connectivity index (χ3n) is 3.26. The molecule has 2 aromatic rings. The molecule has 0 bridgehead atoms. The van der Waals surface area contributed by atoms with Gasteiger partial charge in [0.1, 0.15) is 11.6 Å². The summed E-state index contributed by atoms with van der Waals surface area (Å²) in [6.07, 6.45) is 0.584. The van der Waals surface area contributed by atoms with E-state index in [9.17, 15) is 4.79 Å². The molecule has 0 aliphatic carbocycles. The summed E-state index contributed by atoms with van der Waals surface area (Å²) in [7, 11) is 0. The van der Waals surface area contributed by atoms with Crippen molar-refractivity contribution in [3.8, 4) is 0 Å². The largest absolute Gasteiger partial charge is 0.383 e. The highest BCUT2D eigenvalue weighted by atomic mass is 16.1. The van der Waals surface area contributed by atoms with Crippen molar-refractivity contribution in [1.29, 1.82) is 0 Å². The molecule has 0 spiro atoms. The van der Waals surface area contributed by atoms with Crippen LogP contribution in [0.4, 0.5) is 5.82 Å². The van der Waals surface area contributed by atoms with Gasteiger partial charge in [0.05, 0.1) is 5.56 Å². The monoisotopic (exact) mass is 271 g/mol. The summed E-state index contributed by atoms with van der Waals surface area (Å²) in [5.41, 5.74) is 9.87. The van der Waals surface area contributed by atoms with Gasteiger partial charge in [0, 0.05) is 6.42 Å². The Morgan fingerprint density at radius 2 is 1.80 bits per heavy atom. The predicted molar refractivity (Wildman–Crippen MR) is 82.1 cm³/mol. The molecule has 1 aromatic carbocycles. The zero-order valence-corrected chi connectivity index (χ0v) is 12.4. The molecule has 0 saturated heterocycles. The summed E-state index contributed by atoms with van der Waals surface area (Å²) in [6, 6.07) is 6.31. The summed E-state index contributed by atoms with van der Waals surface area (Å²) in [6.45, 7) is 7.99. The second-order valence-corrected chi connectivity index (χ2v) is 5.64. The van der Waals surface area contributed by atoms with E-state index in [0.29, 0.717) is 23.6 Å². The van der Waals surface area contributed by atoms with E-state index in [4.69, 9.17) is 5.73 Å². The van der Waals surface area contributed by atoms with Gasteiger partial charge in [-0.05, 0) is 25.3 Å². The van der Waals surface area contributed by atoms with Gasteiger partial charge in [-0.2, -0.15) is 0 Å². The molecule has 0 fully saturated rings. The van der Waals surface area contributed by atoms with Crippen molar-refractivity contribution < 1.29 is 0 Å². The van der Waals surface area contributed by atoms with Crippen LogP contribution in [0.1, 0.15) is 47.8 Å². The van der Waals surface area contributed by atoms with E-state index < -0.39 is 0 Å². The molecule has 0 saturated carbocycles. The molecule has 1 heterocycles. The molecule has 0 radical (unpaired) electrons. The first kappa shape index (κ1) is 14.3. The number of hydrogen-bond donors (Lipinski definition) is 2. The lowest BCUT2D eigenvalue weighted by atomic mass is 10.0. The fraction of sp³-hybridized carbons (Fsp3) is 0.375. The predicted octanol–water partition coefficient (Wildman–Crippen LogP) is 2.68. The zero-order chi connectivity index (χ0) is 14.9. The summed E-state index contributed by atoms with van der Waals surface area (Å²) < 4.78 is 0. The maximum atomic E-state index is 12.1. The van der Waals surface area contributed by atoms with Crippen LogP contribution in [0.15, 0.2) is 23.0 Å². The molecule has 4 nitrogen and oxygen atoms in total. The van der Waals surface area contributed by atoms with Gasteiger partial charge in [0.2, 0.25) is 0 Å². The maximum absolute atomic E-state index is 12.1. The van der Waals surface area contributed by atoms with Gasteiger partial charge in [-0.25, -0.2) is 4.98 Å². The quantitative estimate of drug-likeness (QED) is 0.901. The third-order valence-corrected chi connectivity index (χ3v) is 3.26. The lowest BCUT2D eigenvalue weighted by Gasteiger charge is -2.10. The van der Waals surface area contributed by atoms with E-state index >= 15 is 0 Å². The average molecular weight is 271 g/mol. The minimum absolute atomic E-state index is 0.0708. The Balaban J connectivity index is 2.37. The van der Waals surface area contributed by atoms with Gasteiger partial charge in [0.15, 0.2) is 0 Å². The molecule has 0 aliphatic heterocycles. The first-order chi connectivity index (χ1) is 9.36. The second kappa shape index (κ2) is 5.49. The van der Waals surface area contributed by atoms with E-state index in [1.807, 2.05) is 13.8 Å². The summed E-state index contributed by atoms with van der Waals surface area (Å²) in [4.78, 5) is 19.2. The highest BCUT2D eigenvalue weighted by molar-refractivity contribution is 5.40. The average Bonchev–Trinajstić information content (AvgIpc) is 2.25.